The molecule has 0 saturated heterocycles. The first kappa shape index (κ1) is 14.7. The number of unbranched alkanes of at least 4 members (excludes halogenated alkanes) is 1. The summed E-state index contributed by atoms with van der Waals surface area (Å²) in [6.07, 6.45) is 3.58. The highest BCUT2D eigenvalue weighted by Crippen LogP contribution is 2.18. The van der Waals surface area contributed by atoms with E-state index in [-0.39, 0.29) is 0 Å². The second-order valence-corrected chi connectivity index (χ2v) is 5.06. The monoisotopic (exact) mass is 273 g/mol. The molecule has 20 heavy (non-hydrogen) atoms. The highest BCUT2D eigenvalue weighted by Gasteiger charge is 2.06. The van der Waals surface area contributed by atoms with Crippen molar-refractivity contribution >= 4 is 0 Å². The number of nitrogens with two attached hydrogens (primary N) is 1. The summed E-state index contributed by atoms with van der Waals surface area (Å²) in [6, 6.07) is 10.3. The Morgan fingerprint density at radius 3 is 2.55 bits per heavy atom. The molecule has 2 N–H and O–H groups in total. The molecule has 0 fully saturated rings. The van der Waals surface area contributed by atoms with Crippen LogP contribution in [-0.2, 0) is 19.6 Å². The van der Waals surface area contributed by atoms with Crippen molar-refractivity contribution in [3.8, 4) is 5.75 Å². The molecule has 0 unspecified atom stereocenters. The van der Waals surface area contributed by atoms with Crippen LogP contribution in [0.4, 0.5) is 0 Å². The third-order valence-electron chi connectivity index (χ3n) is 3.38. The van der Waals surface area contributed by atoms with E-state index in [2.05, 4.69) is 19.1 Å². The van der Waals surface area contributed by atoms with Crippen LogP contribution in [0.25, 0.3) is 0 Å². The Hall–Kier alpha value is -1.74. The van der Waals surface area contributed by atoms with Gasteiger partial charge in [-0.05, 0) is 49.1 Å². The van der Waals surface area contributed by atoms with Gasteiger partial charge in [0.05, 0.1) is 6.54 Å². The lowest BCUT2D eigenvalue weighted by atomic mass is 10.1. The molecule has 1 aromatic heterocycles. The number of aryl methyl sites for hydroxylation is 2. The molecule has 3 heteroatoms. The number of ether oxygens (including phenoxy) is 1. The Morgan fingerprint density at radius 2 is 1.95 bits per heavy atom. The Bertz CT molecular complexity index is 528. The fourth-order valence-corrected chi connectivity index (χ4v) is 2.15. The van der Waals surface area contributed by atoms with E-state index in [1.54, 1.807) is 0 Å². The van der Waals surface area contributed by atoms with Crippen molar-refractivity contribution in [1.29, 1.82) is 0 Å². The molecule has 0 amide bonds. The minimum atomic E-state index is 0.429. The first-order valence-electron chi connectivity index (χ1n) is 7.23. The summed E-state index contributed by atoms with van der Waals surface area (Å²) in [5.74, 6) is 2.52. The van der Waals surface area contributed by atoms with Gasteiger partial charge in [-0.1, -0.05) is 25.5 Å². The summed E-state index contributed by atoms with van der Waals surface area (Å²) in [4.78, 5) is 0. The van der Waals surface area contributed by atoms with Gasteiger partial charge in [0.1, 0.15) is 23.9 Å². The molecule has 0 saturated carbocycles. The minimum Gasteiger partial charge on any atom is -0.486 e. The van der Waals surface area contributed by atoms with E-state index in [0.717, 1.165) is 29.3 Å². The summed E-state index contributed by atoms with van der Waals surface area (Å²) in [7, 11) is 0. The average Bonchev–Trinajstić information content (AvgIpc) is 2.84. The zero-order valence-electron chi connectivity index (χ0n) is 12.3. The minimum absolute atomic E-state index is 0.429. The third-order valence-corrected chi connectivity index (χ3v) is 3.38. The molecule has 0 bridgehead atoms. The molecule has 1 heterocycles. The van der Waals surface area contributed by atoms with Crippen molar-refractivity contribution in [2.75, 3.05) is 0 Å². The SMILES string of the molecule is CCCCc1ccc(OCc2cc(C)c(CN)o2)cc1. The quantitative estimate of drug-likeness (QED) is 0.830. The number of rotatable bonds is 7. The van der Waals surface area contributed by atoms with Crippen LogP contribution in [0.15, 0.2) is 34.7 Å². The third kappa shape index (κ3) is 3.87. The molecule has 2 aromatic rings. The van der Waals surface area contributed by atoms with Crippen LogP contribution in [0.5, 0.6) is 5.75 Å². The lowest BCUT2D eigenvalue weighted by Crippen LogP contribution is -1.96. The summed E-state index contributed by atoms with van der Waals surface area (Å²) < 4.78 is 11.3. The molecule has 0 aliphatic rings. The summed E-state index contributed by atoms with van der Waals surface area (Å²) in [5.41, 5.74) is 8.04. The average molecular weight is 273 g/mol. The molecule has 108 valence electrons. The topological polar surface area (TPSA) is 48.4 Å². The van der Waals surface area contributed by atoms with Crippen LogP contribution in [0.3, 0.4) is 0 Å². The van der Waals surface area contributed by atoms with Gasteiger partial charge in [0.2, 0.25) is 0 Å². The Labute approximate surface area is 120 Å². The van der Waals surface area contributed by atoms with E-state index < -0.39 is 0 Å². The molecule has 0 atom stereocenters. The van der Waals surface area contributed by atoms with Crippen LogP contribution in [0.1, 0.15) is 42.4 Å². The van der Waals surface area contributed by atoms with E-state index in [1.807, 2.05) is 25.1 Å². The van der Waals surface area contributed by atoms with Gasteiger partial charge in [-0.25, -0.2) is 0 Å². The number of hydrogen-bond acceptors (Lipinski definition) is 3. The van der Waals surface area contributed by atoms with Crippen LogP contribution in [-0.4, -0.2) is 0 Å². The maximum absolute atomic E-state index is 5.73. The summed E-state index contributed by atoms with van der Waals surface area (Å²) >= 11 is 0. The van der Waals surface area contributed by atoms with Gasteiger partial charge in [0, 0.05) is 0 Å². The van der Waals surface area contributed by atoms with Crippen molar-refractivity contribution in [1.82, 2.24) is 0 Å². The van der Waals surface area contributed by atoms with Crippen molar-refractivity contribution in [3.63, 3.8) is 0 Å². The summed E-state index contributed by atoms with van der Waals surface area (Å²) in [6.45, 7) is 5.07. The van der Waals surface area contributed by atoms with Gasteiger partial charge in [-0.15, -0.1) is 0 Å². The molecule has 3 nitrogen and oxygen atoms in total. The van der Waals surface area contributed by atoms with Crippen molar-refractivity contribution in [3.05, 3.63) is 53.0 Å². The predicted octanol–water partition coefficient (Wildman–Crippen LogP) is 3.97. The van der Waals surface area contributed by atoms with E-state index >= 15 is 0 Å². The van der Waals surface area contributed by atoms with Gasteiger partial charge in [0.25, 0.3) is 0 Å². The lowest BCUT2D eigenvalue weighted by Gasteiger charge is -2.05. The Balaban J connectivity index is 1.89. The van der Waals surface area contributed by atoms with Gasteiger partial charge < -0.3 is 14.9 Å². The number of benzene rings is 1. The second-order valence-electron chi connectivity index (χ2n) is 5.06. The van der Waals surface area contributed by atoms with Gasteiger partial charge in [-0.2, -0.15) is 0 Å². The lowest BCUT2D eigenvalue weighted by molar-refractivity contribution is 0.266. The number of hydrogen-bond donors (Lipinski definition) is 1. The first-order valence-corrected chi connectivity index (χ1v) is 7.23. The largest absolute Gasteiger partial charge is 0.486 e. The fourth-order valence-electron chi connectivity index (χ4n) is 2.15. The van der Waals surface area contributed by atoms with Crippen molar-refractivity contribution < 1.29 is 9.15 Å². The Morgan fingerprint density at radius 1 is 1.20 bits per heavy atom. The molecule has 0 spiro atoms. The van der Waals surface area contributed by atoms with Gasteiger partial charge >= 0.3 is 0 Å². The Kier molecular flexibility index (Phi) is 5.24. The van der Waals surface area contributed by atoms with Gasteiger partial charge in [0.15, 0.2) is 0 Å². The zero-order chi connectivity index (χ0) is 14.4. The maximum Gasteiger partial charge on any atom is 0.146 e. The molecule has 1 aromatic carbocycles. The molecular weight excluding hydrogens is 250 g/mol. The van der Waals surface area contributed by atoms with E-state index in [0.29, 0.717) is 13.2 Å². The van der Waals surface area contributed by atoms with Crippen LogP contribution < -0.4 is 10.5 Å². The maximum atomic E-state index is 5.73. The van der Waals surface area contributed by atoms with Crippen molar-refractivity contribution in [2.45, 2.75) is 46.3 Å². The van der Waals surface area contributed by atoms with E-state index in [4.69, 9.17) is 14.9 Å². The molecule has 0 aliphatic carbocycles. The van der Waals surface area contributed by atoms with Crippen LogP contribution in [0.2, 0.25) is 0 Å². The summed E-state index contributed by atoms with van der Waals surface area (Å²) in [5, 5.41) is 0. The smallest absolute Gasteiger partial charge is 0.146 e. The molecule has 0 aliphatic heterocycles. The predicted molar refractivity (Wildman–Crippen MR) is 80.7 cm³/mol. The zero-order valence-corrected chi connectivity index (χ0v) is 12.3. The second kappa shape index (κ2) is 7.15. The highest BCUT2D eigenvalue weighted by molar-refractivity contribution is 5.27. The van der Waals surface area contributed by atoms with E-state index in [1.165, 1.54) is 18.4 Å². The van der Waals surface area contributed by atoms with Gasteiger partial charge in [-0.3, -0.25) is 0 Å². The first-order chi connectivity index (χ1) is 9.72. The normalized spacial score (nSPS) is 10.8. The highest BCUT2D eigenvalue weighted by atomic mass is 16.5. The molecule has 2 rings (SSSR count). The molecule has 0 radical (unpaired) electrons. The van der Waals surface area contributed by atoms with Crippen LogP contribution >= 0.6 is 0 Å². The van der Waals surface area contributed by atoms with Crippen molar-refractivity contribution in [2.24, 2.45) is 5.73 Å². The number of furan rings is 1. The fraction of sp³-hybridized carbons (Fsp3) is 0.412. The van der Waals surface area contributed by atoms with E-state index in [9.17, 15) is 0 Å². The van der Waals surface area contributed by atoms with Crippen LogP contribution in [0, 0.1) is 6.92 Å². The standard InChI is InChI=1S/C17H23NO2/c1-3-4-5-14-6-8-15(9-7-14)19-12-16-10-13(2)17(11-18)20-16/h6-10H,3-5,11-12,18H2,1-2H3. The molecular formula is C17H23NO2.